The van der Waals surface area contributed by atoms with Crippen molar-refractivity contribution >= 4 is 17.5 Å². The molecule has 6 heteroatoms. The van der Waals surface area contributed by atoms with Crippen molar-refractivity contribution < 1.29 is 14.3 Å². The van der Waals surface area contributed by atoms with Crippen molar-refractivity contribution in [1.82, 2.24) is 9.88 Å². The van der Waals surface area contributed by atoms with E-state index in [0.29, 0.717) is 18.0 Å². The van der Waals surface area contributed by atoms with Crippen LogP contribution in [0.25, 0.3) is 11.3 Å². The Morgan fingerprint density at radius 1 is 1.06 bits per heavy atom. The van der Waals surface area contributed by atoms with E-state index in [-0.39, 0.29) is 11.9 Å². The molecule has 2 aromatic carbocycles. The number of methoxy groups -OCH3 is 2. The van der Waals surface area contributed by atoms with Crippen molar-refractivity contribution in [3.05, 3.63) is 76.9 Å². The fourth-order valence-corrected chi connectivity index (χ4v) is 4.50. The lowest BCUT2D eigenvalue weighted by atomic mass is 9.92. The van der Waals surface area contributed by atoms with Gasteiger partial charge in [-0.1, -0.05) is 23.7 Å². The molecule has 0 saturated carbocycles. The predicted molar refractivity (Wildman–Crippen MR) is 121 cm³/mol. The minimum atomic E-state index is -0.135. The van der Waals surface area contributed by atoms with Gasteiger partial charge in [-0.05, 0) is 60.9 Å². The molecule has 1 aliphatic heterocycles. The highest BCUT2D eigenvalue weighted by Crippen LogP contribution is 2.42. The highest BCUT2D eigenvalue weighted by molar-refractivity contribution is 6.30. The summed E-state index contributed by atoms with van der Waals surface area (Å²) in [4.78, 5) is 19.4. The summed E-state index contributed by atoms with van der Waals surface area (Å²) in [7, 11) is 3.28. The highest BCUT2D eigenvalue weighted by Gasteiger charge is 2.33. The number of amides is 1. The van der Waals surface area contributed by atoms with Gasteiger partial charge in [0.05, 0.1) is 31.5 Å². The smallest absolute Gasteiger partial charge is 0.223 e. The van der Waals surface area contributed by atoms with E-state index in [1.54, 1.807) is 20.4 Å². The van der Waals surface area contributed by atoms with Crippen molar-refractivity contribution in [2.24, 2.45) is 0 Å². The average molecular weight is 437 g/mol. The zero-order valence-corrected chi connectivity index (χ0v) is 18.4. The number of aromatic nitrogens is 1. The van der Waals surface area contributed by atoms with Crippen LogP contribution in [0.3, 0.4) is 0 Å². The van der Waals surface area contributed by atoms with Crippen LogP contribution in [-0.4, -0.2) is 30.0 Å². The van der Waals surface area contributed by atoms with Crippen molar-refractivity contribution in [3.8, 4) is 22.8 Å². The summed E-state index contributed by atoms with van der Waals surface area (Å²) in [6, 6.07) is 17.2. The summed E-state index contributed by atoms with van der Waals surface area (Å²) in [6.07, 6.45) is 3.96. The van der Waals surface area contributed by atoms with Gasteiger partial charge in [-0.3, -0.25) is 9.78 Å². The second-order valence-corrected chi connectivity index (χ2v) is 8.01. The quantitative estimate of drug-likeness (QED) is 0.499. The molecule has 2 heterocycles. The molecule has 0 spiro atoms. The Bertz CT molecular complexity index is 1050. The Labute approximate surface area is 187 Å². The molecule has 160 valence electrons. The van der Waals surface area contributed by atoms with Gasteiger partial charge < -0.3 is 14.4 Å². The molecule has 1 saturated heterocycles. The molecule has 31 heavy (non-hydrogen) atoms. The van der Waals surface area contributed by atoms with Crippen LogP contribution < -0.4 is 9.47 Å². The molecular formula is C25H25ClN2O3. The number of ether oxygens (including phenoxy) is 2. The molecule has 3 aromatic rings. The summed E-state index contributed by atoms with van der Waals surface area (Å²) in [5.74, 6) is 1.57. The van der Waals surface area contributed by atoms with E-state index in [1.807, 2.05) is 59.5 Å². The van der Waals surface area contributed by atoms with Gasteiger partial charge in [0.15, 0.2) is 0 Å². The number of rotatable bonds is 6. The Hall–Kier alpha value is -3.05. The maximum Gasteiger partial charge on any atom is 0.223 e. The van der Waals surface area contributed by atoms with E-state index in [1.165, 1.54) is 0 Å². The number of hydrogen-bond acceptors (Lipinski definition) is 4. The standard InChI is InChI=1S/C25H25ClN2O3/c1-30-22-9-6-10-23(31-2)25(22)21-8-5-11-24(29)28(21)16-17-13-18(15-19(26)14-17)20-7-3-4-12-27-20/h3-4,6-7,9-10,12-15,21H,5,8,11,16H2,1-2H3. The number of benzene rings is 2. The van der Waals surface area contributed by atoms with E-state index < -0.39 is 0 Å². The third-order valence-corrected chi connectivity index (χ3v) is 5.85. The summed E-state index contributed by atoms with van der Waals surface area (Å²) in [5.41, 5.74) is 3.65. The number of likely N-dealkylation sites (tertiary alicyclic amines) is 1. The van der Waals surface area contributed by atoms with Gasteiger partial charge in [0, 0.05) is 29.7 Å². The Morgan fingerprint density at radius 3 is 2.52 bits per heavy atom. The minimum absolute atomic E-state index is 0.114. The van der Waals surface area contributed by atoms with Crippen LogP contribution in [0.4, 0.5) is 0 Å². The van der Waals surface area contributed by atoms with Crippen LogP contribution in [-0.2, 0) is 11.3 Å². The zero-order valence-electron chi connectivity index (χ0n) is 17.7. The number of halogens is 1. The van der Waals surface area contributed by atoms with Crippen molar-refractivity contribution in [2.45, 2.75) is 31.8 Å². The molecule has 5 nitrogen and oxygen atoms in total. The predicted octanol–water partition coefficient (Wildman–Crippen LogP) is 5.67. The number of pyridine rings is 1. The van der Waals surface area contributed by atoms with Gasteiger partial charge >= 0.3 is 0 Å². The molecule has 0 radical (unpaired) electrons. The van der Waals surface area contributed by atoms with Crippen molar-refractivity contribution in [2.75, 3.05) is 14.2 Å². The van der Waals surface area contributed by atoms with Crippen LogP contribution in [0.2, 0.25) is 5.02 Å². The first-order valence-electron chi connectivity index (χ1n) is 10.3. The van der Waals surface area contributed by atoms with Crippen LogP contribution in [0, 0.1) is 0 Å². The summed E-state index contributed by atoms with van der Waals surface area (Å²) in [6.45, 7) is 0.450. The molecule has 0 bridgehead atoms. The molecule has 1 aliphatic rings. The lowest BCUT2D eigenvalue weighted by molar-refractivity contribution is -0.137. The van der Waals surface area contributed by atoms with Gasteiger partial charge in [-0.25, -0.2) is 0 Å². The van der Waals surface area contributed by atoms with Gasteiger partial charge in [-0.2, -0.15) is 0 Å². The van der Waals surface area contributed by atoms with Gasteiger partial charge in [0.2, 0.25) is 5.91 Å². The minimum Gasteiger partial charge on any atom is -0.496 e. The fraction of sp³-hybridized carbons (Fsp3) is 0.280. The topological polar surface area (TPSA) is 51.7 Å². The number of carbonyl (C=O) groups is 1. The van der Waals surface area contributed by atoms with Crippen LogP contribution in [0.5, 0.6) is 11.5 Å². The zero-order chi connectivity index (χ0) is 21.8. The van der Waals surface area contributed by atoms with Crippen LogP contribution in [0.15, 0.2) is 60.8 Å². The Morgan fingerprint density at radius 2 is 1.84 bits per heavy atom. The fourth-order valence-electron chi connectivity index (χ4n) is 4.25. The molecule has 1 fully saturated rings. The largest absolute Gasteiger partial charge is 0.496 e. The molecular weight excluding hydrogens is 412 g/mol. The van der Waals surface area contributed by atoms with E-state index in [4.69, 9.17) is 21.1 Å². The van der Waals surface area contributed by atoms with E-state index in [9.17, 15) is 4.79 Å². The third kappa shape index (κ3) is 4.52. The van der Waals surface area contributed by atoms with E-state index in [0.717, 1.165) is 46.7 Å². The lowest BCUT2D eigenvalue weighted by Crippen LogP contribution is -2.38. The summed E-state index contributed by atoms with van der Waals surface area (Å²) >= 11 is 6.43. The first-order chi connectivity index (χ1) is 15.1. The summed E-state index contributed by atoms with van der Waals surface area (Å²) < 4.78 is 11.2. The highest BCUT2D eigenvalue weighted by atomic mass is 35.5. The molecule has 1 amide bonds. The molecule has 1 unspecified atom stereocenters. The monoisotopic (exact) mass is 436 g/mol. The maximum absolute atomic E-state index is 13.0. The van der Waals surface area contributed by atoms with Crippen LogP contribution >= 0.6 is 11.6 Å². The van der Waals surface area contributed by atoms with Gasteiger partial charge in [0.1, 0.15) is 11.5 Å². The lowest BCUT2D eigenvalue weighted by Gasteiger charge is -2.37. The Kier molecular flexibility index (Phi) is 6.42. The molecule has 1 atom stereocenters. The second kappa shape index (κ2) is 9.40. The first kappa shape index (κ1) is 21.2. The first-order valence-corrected chi connectivity index (χ1v) is 10.7. The second-order valence-electron chi connectivity index (χ2n) is 7.57. The molecule has 0 N–H and O–H groups in total. The number of piperidine rings is 1. The number of hydrogen-bond donors (Lipinski definition) is 0. The molecule has 1 aromatic heterocycles. The number of nitrogens with zero attached hydrogens (tertiary/aromatic N) is 2. The number of carbonyl (C=O) groups excluding carboxylic acids is 1. The van der Waals surface area contributed by atoms with E-state index in [2.05, 4.69) is 4.98 Å². The van der Waals surface area contributed by atoms with E-state index >= 15 is 0 Å². The van der Waals surface area contributed by atoms with Gasteiger partial charge in [-0.15, -0.1) is 0 Å². The van der Waals surface area contributed by atoms with Gasteiger partial charge in [0.25, 0.3) is 0 Å². The Balaban J connectivity index is 1.72. The van der Waals surface area contributed by atoms with Crippen molar-refractivity contribution in [1.29, 1.82) is 0 Å². The van der Waals surface area contributed by atoms with Crippen molar-refractivity contribution in [3.63, 3.8) is 0 Å². The normalized spacial score (nSPS) is 16.3. The molecule has 4 rings (SSSR count). The third-order valence-electron chi connectivity index (χ3n) is 5.64. The molecule has 0 aliphatic carbocycles. The maximum atomic E-state index is 13.0. The average Bonchev–Trinajstić information content (AvgIpc) is 2.80. The summed E-state index contributed by atoms with van der Waals surface area (Å²) in [5, 5.41) is 0.619. The SMILES string of the molecule is COc1cccc(OC)c1C1CCCC(=O)N1Cc1cc(Cl)cc(-c2ccccn2)c1. The van der Waals surface area contributed by atoms with Crippen LogP contribution in [0.1, 0.15) is 36.4 Å².